The molecule has 3 atom stereocenters. The van der Waals surface area contributed by atoms with E-state index < -0.39 is 18.1 Å². The fourth-order valence-electron chi connectivity index (χ4n) is 5.35. The number of alkyl carbamates (subject to hydrolysis) is 1. The maximum atomic E-state index is 12.7. The highest BCUT2D eigenvalue weighted by Gasteiger charge is 2.39. The number of benzene rings is 2. The van der Waals surface area contributed by atoms with Gasteiger partial charge in [-0.15, -0.1) is 0 Å². The molecule has 7 nitrogen and oxygen atoms in total. The molecule has 4 rings (SSSR count). The second kappa shape index (κ2) is 11.2. The van der Waals surface area contributed by atoms with Gasteiger partial charge in [0.15, 0.2) is 0 Å². The van der Waals surface area contributed by atoms with Gasteiger partial charge in [-0.25, -0.2) is 9.59 Å². The van der Waals surface area contributed by atoms with Crippen LogP contribution in [0.15, 0.2) is 48.5 Å². The smallest absolute Gasteiger partial charge is 0.407 e. The van der Waals surface area contributed by atoms with Crippen LogP contribution in [0.25, 0.3) is 11.1 Å². The van der Waals surface area contributed by atoms with Crippen molar-refractivity contribution >= 4 is 29.7 Å². The molecule has 186 valence electrons. The molecule has 2 aliphatic rings. The Hall–Kier alpha value is -3.00. The van der Waals surface area contributed by atoms with Crippen molar-refractivity contribution < 1.29 is 24.2 Å². The van der Waals surface area contributed by atoms with Gasteiger partial charge < -0.3 is 20.1 Å². The first-order valence-corrected chi connectivity index (χ1v) is 13.2. The number of hydrogen-bond donors (Lipinski definition) is 2. The molecule has 0 spiro atoms. The third-order valence-electron chi connectivity index (χ3n) is 6.82. The number of piperidine rings is 1. The summed E-state index contributed by atoms with van der Waals surface area (Å²) in [6.07, 6.45) is 0.321. The number of fused-ring (bicyclic) bond motifs is 3. The highest BCUT2D eigenvalue weighted by atomic mass is 32.2. The van der Waals surface area contributed by atoms with Crippen LogP contribution < -0.4 is 5.32 Å². The molecule has 1 aliphatic carbocycles. The second-order valence-corrected chi connectivity index (χ2v) is 10.6. The van der Waals surface area contributed by atoms with E-state index >= 15 is 0 Å². The lowest BCUT2D eigenvalue weighted by Crippen LogP contribution is -2.54. The predicted molar refractivity (Wildman–Crippen MR) is 136 cm³/mol. The van der Waals surface area contributed by atoms with Crippen molar-refractivity contribution in [2.45, 2.75) is 32.2 Å². The molecule has 1 fully saturated rings. The van der Waals surface area contributed by atoms with Gasteiger partial charge in [-0.3, -0.25) is 4.79 Å². The van der Waals surface area contributed by atoms with Crippen LogP contribution in [0.3, 0.4) is 0 Å². The number of nitrogens with zero attached hydrogens (tertiary/aromatic N) is 1. The lowest BCUT2D eigenvalue weighted by Gasteiger charge is -2.40. The van der Waals surface area contributed by atoms with Crippen LogP contribution in [0.2, 0.25) is 0 Å². The number of likely N-dealkylation sites (tertiary alicyclic amines) is 1. The summed E-state index contributed by atoms with van der Waals surface area (Å²) in [6, 6.07) is 15.6. The first-order chi connectivity index (χ1) is 16.9. The van der Waals surface area contributed by atoms with Gasteiger partial charge >= 0.3 is 12.1 Å². The van der Waals surface area contributed by atoms with Gasteiger partial charge in [0.25, 0.3) is 0 Å². The minimum atomic E-state index is -0.945. The standard InChI is InChI=1S/C27H32N2O5S/c1-17-13-18(2)25(26(31)32)29(14-17)24(30)16-35-12-11-28-27(33)34-15-23-21-9-5-3-7-19(21)20-8-4-6-10-22(20)23/h3-10,17-18,23,25H,11-16H2,1-2H3,(H,28,33)(H,31,32). The average molecular weight is 497 g/mol. The highest BCUT2D eigenvalue weighted by Crippen LogP contribution is 2.44. The van der Waals surface area contributed by atoms with E-state index in [1.165, 1.54) is 27.8 Å². The van der Waals surface area contributed by atoms with Gasteiger partial charge in [0.05, 0.1) is 5.75 Å². The largest absolute Gasteiger partial charge is 0.480 e. The maximum Gasteiger partial charge on any atom is 0.407 e. The molecule has 2 aromatic rings. The molecule has 0 saturated carbocycles. The molecule has 1 saturated heterocycles. The van der Waals surface area contributed by atoms with Gasteiger partial charge in [-0.2, -0.15) is 11.8 Å². The molecule has 35 heavy (non-hydrogen) atoms. The van der Waals surface area contributed by atoms with E-state index in [9.17, 15) is 19.5 Å². The van der Waals surface area contributed by atoms with Gasteiger partial charge in [-0.05, 0) is 40.5 Å². The molecular formula is C27H32N2O5S. The van der Waals surface area contributed by atoms with Gasteiger partial charge in [0.2, 0.25) is 5.91 Å². The van der Waals surface area contributed by atoms with E-state index in [1.807, 2.05) is 38.1 Å². The topological polar surface area (TPSA) is 95.9 Å². The fraction of sp³-hybridized carbons (Fsp3) is 0.444. The Morgan fingerprint density at radius 3 is 2.31 bits per heavy atom. The van der Waals surface area contributed by atoms with Crippen molar-refractivity contribution in [3.63, 3.8) is 0 Å². The zero-order valence-electron chi connectivity index (χ0n) is 20.1. The number of amides is 2. The van der Waals surface area contributed by atoms with E-state index in [-0.39, 0.29) is 36.0 Å². The molecule has 2 N–H and O–H groups in total. The van der Waals surface area contributed by atoms with Crippen LogP contribution >= 0.6 is 11.8 Å². The molecule has 1 aliphatic heterocycles. The van der Waals surface area contributed by atoms with Crippen LogP contribution in [0.5, 0.6) is 0 Å². The third kappa shape index (κ3) is 5.64. The summed E-state index contributed by atoms with van der Waals surface area (Å²) >= 11 is 1.38. The molecule has 8 heteroatoms. The van der Waals surface area contributed by atoms with Crippen LogP contribution in [-0.4, -0.2) is 65.2 Å². The minimum Gasteiger partial charge on any atom is -0.480 e. The lowest BCUT2D eigenvalue weighted by molar-refractivity contribution is -0.154. The van der Waals surface area contributed by atoms with Gasteiger partial charge in [0.1, 0.15) is 12.6 Å². The van der Waals surface area contributed by atoms with Crippen molar-refractivity contribution in [1.82, 2.24) is 10.2 Å². The number of nitrogens with one attached hydrogen (secondary N) is 1. The number of carboxylic acid groups (broad SMARTS) is 1. The van der Waals surface area contributed by atoms with Crippen molar-refractivity contribution in [3.8, 4) is 11.1 Å². The van der Waals surface area contributed by atoms with Gasteiger partial charge in [-0.1, -0.05) is 62.4 Å². The van der Waals surface area contributed by atoms with E-state index in [0.717, 1.165) is 17.5 Å². The van der Waals surface area contributed by atoms with Crippen molar-refractivity contribution in [2.24, 2.45) is 11.8 Å². The van der Waals surface area contributed by atoms with Crippen molar-refractivity contribution in [1.29, 1.82) is 0 Å². The first kappa shape index (κ1) is 25.1. The van der Waals surface area contributed by atoms with E-state index in [2.05, 4.69) is 29.6 Å². The number of aliphatic carboxylic acids is 1. The number of carboxylic acids is 1. The maximum absolute atomic E-state index is 12.7. The SMILES string of the molecule is CC1CC(C)C(C(=O)O)N(C(=O)CSCCNC(=O)OCC2c3ccccc3-c3ccccc32)C1. The number of ether oxygens (including phenoxy) is 1. The van der Waals surface area contributed by atoms with E-state index in [4.69, 9.17) is 4.74 Å². The summed E-state index contributed by atoms with van der Waals surface area (Å²) < 4.78 is 5.53. The van der Waals surface area contributed by atoms with Crippen molar-refractivity contribution in [3.05, 3.63) is 59.7 Å². The van der Waals surface area contributed by atoms with Crippen LogP contribution in [0.1, 0.15) is 37.3 Å². The van der Waals surface area contributed by atoms with Gasteiger partial charge in [0, 0.05) is 24.8 Å². The Morgan fingerprint density at radius 2 is 1.69 bits per heavy atom. The summed E-state index contributed by atoms with van der Waals surface area (Å²) in [5.74, 6) is -0.161. The highest BCUT2D eigenvalue weighted by molar-refractivity contribution is 7.99. The van der Waals surface area contributed by atoms with E-state index in [0.29, 0.717) is 18.8 Å². The number of carbonyl (C=O) groups excluding carboxylic acids is 2. The zero-order valence-corrected chi connectivity index (χ0v) is 20.9. The monoisotopic (exact) mass is 496 g/mol. The number of carbonyl (C=O) groups is 3. The van der Waals surface area contributed by atoms with E-state index in [1.54, 1.807) is 0 Å². The molecular weight excluding hydrogens is 464 g/mol. The first-order valence-electron chi connectivity index (χ1n) is 12.1. The van der Waals surface area contributed by atoms with Crippen LogP contribution in [0, 0.1) is 11.8 Å². The summed E-state index contributed by atoms with van der Waals surface area (Å²) in [5, 5.41) is 12.3. The Balaban J connectivity index is 1.20. The number of thioether (sulfide) groups is 1. The lowest BCUT2D eigenvalue weighted by atomic mass is 9.85. The fourth-order valence-corrected chi connectivity index (χ4v) is 6.08. The minimum absolute atomic E-state index is 0.0108. The Bertz CT molecular complexity index is 1050. The average Bonchev–Trinajstić information content (AvgIpc) is 3.15. The molecule has 0 radical (unpaired) electrons. The molecule has 1 heterocycles. The van der Waals surface area contributed by atoms with Crippen molar-refractivity contribution in [2.75, 3.05) is 31.2 Å². The number of rotatable bonds is 8. The van der Waals surface area contributed by atoms with Crippen LogP contribution in [-0.2, 0) is 14.3 Å². The van der Waals surface area contributed by atoms with Crippen LogP contribution in [0.4, 0.5) is 4.79 Å². The molecule has 2 amide bonds. The Kier molecular flexibility index (Phi) is 8.00. The summed E-state index contributed by atoms with van der Waals surface area (Å²) in [7, 11) is 0. The Morgan fingerprint density at radius 1 is 1.06 bits per heavy atom. The quantitative estimate of drug-likeness (QED) is 0.532. The Labute approximate surface area is 210 Å². The summed E-state index contributed by atoms with van der Waals surface area (Å²) in [6.45, 7) is 5.02. The predicted octanol–water partition coefficient (Wildman–Crippen LogP) is 4.22. The molecule has 0 aromatic heterocycles. The molecule has 0 bridgehead atoms. The third-order valence-corrected chi connectivity index (χ3v) is 7.76. The normalized spacial score (nSPS) is 21.2. The number of hydrogen-bond acceptors (Lipinski definition) is 5. The molecule has 3 unspecified atom stereocenters. The second-order valence-electron chi connectivity index (χ2n) is 9.45. The summed E-state index contributed by atoms with van der Waals surface area (Å²) in [5.41, 5.74) is 4.69. The molecule has 2 aromatic carbocycles. The summed E-state index contributed by atoms with van der Waals surface area (Å²) in [4.78, 5) is 38.1. The zero-order chi connectivity index (χ0) is 24.9.